The number of amides is 1. The predicted molar refractivity (Wildman–Crippen MR) is 140 cm³/mol. The number of pyridine rings is 1. The molecule has 0 aliphatic carbocycles. The van der Waals surface area contributed by atoms with Gasteiger partial charge in [0, 0.05) is 38.0 Å². The van der Waals surface area contributed by atoms with Gasteiger partial charge in [-0.1, -0.05) is 23.2 Å². The molecule has 0 saturated carbocycles. The van der Waals surface area contributed by atoms with Crippen LogP contribution in [0.4, 0.5) is 22.9 Å². The molecule has 2 N–H and O–H groups in total. The van der Waals surface area contributed by atoms with E-state index in [1.807, 2.05) is 38.1 Å². The highest BCUT2D eigenvalue weighted by Crippen LogP contribution is 2.36. The number of anilines is 4. The lowest BCUT2D eigenvalue weighted by Crippen LogP contribution is -2.15. The number of benzene rings is 2. The Morgan fingerprint density at radius 3 is 2.50 bits per heavy atom. The number of nitrogens with one attached hydrogen (secondary N) is 2. The Kier molecular flexibility index (Phi) is 8.26. The number of hydrogen-bond acceptors (Lipinski definition) is 6. The third-order valence-corrected chi connectivity index (χ3v) is 5.73. The van der Waals surface area contributed by atoms with Crippen LogP contribution in [0.5, 0.6) is 11.5 Å². The molecule has 0 radical (unpaired) electrons. The smallest absolute Gasteiger partial charge is 0.248 e. The van der Waals surface area contributed by atoms with E-state index in [1.54, 1.807) is 50.8 Å². The summed E-state index contributed by atoms with van der Waals surface area (Å²) in [7, 11) is 6.91. The van der Waals surface area contributed by atoms with E-state index in [4.69, 9.17) is 32.7 Å². The standard InChI is InChI=1S/C25H26Cl2N4O3/c1-15-11-17(33-4)12-22(34-5)24(15)30-25-16(7-6-10-28-25)8-9-23(32)29-20-13-18(26)19(27)14-21(20)31(2)3/h6-14H,1-5H3,(H,28,30)(H,29,32)/b9-8+. The van der Waals surface area contributed by atoms with Gasteiger partial charge in [-0.15, -0.1) is 0 Å². The second-order valence-corrected chi connectivity index (χ2v) is 8.40. The maximum atomic E-state index is 12.7. The fourth-order valence-electron chi connectivity index (χ4n) is 3.28. The number of aromatic nitrogens is 1. The molecular weight excluding hydrogens is 475 g/mol. The summed E-state index contributed by atoms with van der Waals surface area (Å²) in [5.41, 5.74) is 3.69. The topological polar surface area (TPSA) is 75.7 Å². The molecular formula is C25H26Cl2N4O3. The fraction of sp³-hybridized carbons (Fsp3) is 0.200. The van der Waals surface area contributed by atoms with E-state index in [1.165, 1.54) is 6.08 Å². The average molecular weight is 501 g/mol. The van der Waals surface area contributed by atoms with Gasteiger partial charge < -0.3 is 25.0 Å². The number of hydrogen-bond donors (Lipinski definition) is 2. The van der Waals surface area contributed by atoms with E-state index in [9.17, 15) is 4.79 Å². The average Bonchev–Trinajstić information content (AvgIpc) is 2.81. The first-order valence-electron chi connectivity index (χ1n) is 10.3. The van der Waals surface area contributed by atoms with Crippen LogP contribution in [0.3, 0.4) is 0 Å². The summed E-state index contributed by atoms with van der Waals surface area (Å²) in [5.74, 6) is 1.55. The van der Waals surface area contributed by atoms with E-state index >= 15 is 0 Å². The van der Waals surface area contributed by atoms with Crippen LogP contribution in [0.25, 0.3) is 6.08 Å². The minimum absolute atomic E-state index is 0.325. The van der Waals surface area contributed by atoms with Crippen molar-refractivity contribution in [2.75, 3.05) is 43.8 Å². The molecule has 2 aromatic carbocycles. The summed E-state index contributed by atoms with van der Waals surface area (Å²) in [4.78, 5) is 19.0. The summed E-state index contributed by atoms with van der Waals surface area (Å²) in [6.45, 7) is 1.94. The lowest BCUT2D eigenvalue weighted by atomic mass is 10.1. The highest BCUT2D eigenvalue weighted by atomic mass is 35.5. The van der Waals surface area contributed by atoms with Crippen molar-refractivity contribution in [1.82, 2.24) is 4.98 Å². The Morgan fingerprint density at radius 1 is 1.09 bits per heavy atom. The quantitative estimate of drug-likeness (QED) is 0.360. The molecule has 7 nitrogen and oxygen atoms in total. The minimum atomic E-state index is -0.325. The number of carbonyl (C=O) groups is 1. The Morgan fingerprint density at radius 2 is 1.82 bits per heavy atom. The first-order valence-corrected chi connectivity index (χ1v) is 11.1. The van der Waals surface area contributed by atoms with Crippen LogP contribution in [0.2, 0.25) is 10.0 Å². The van der Waals surface area contributed by atoms with Crippen molar-refractivity contribution < 1.29 is 14.3 Å². The lowest BCUT2D eigenvalue weighted by Gasteiger charge is -2.18. The van der Waals surface area contributed by atoms with Gasteiger partial charge >= 0.3 is 0 Å². The van der Waals surface area contributed by atoms with Crippen LogP contribution < -0.4 is 25.0 Å². The van der Waals surface area contributed by atoms with Gasteiger partial charge in [0.1, 0.15) is 17.3 Å². The highest BCUT2D eigenvalue weighted by Gasteiger charge is 2.13. The van der Waals surface area contributed by atoms with Crippen molar-refractivity contribution in [3.63, 3.8) is 0 Å². The van der Waals surface area contributed by atoms with E-state index in [0.717, 1.165) is 22.5 Å². The number of carbonyl (C=O) groups excluding carboxylic acids is 1. The molecule has 0 aliphatic rings. The molecule has 0 atom stereocenters. The Bertz CT molecular complexity index is 1230. The van der Waals surface area contributed by atoms with Gasteiger partial charge in [0.2, 0.25) is 5.91 Å². The van der Waals surface area contributed by atoms with Gasteiger partial charge in [0.15, 0.2) is 0 Å². The molecule has 1 heterocycles. The second kappa shape index (κ2) is 11.1. The van der Waals surface area contributed by atoms with Gasteiger partial charge in [-0.2, -0.15) is 0 Å². The number of methoxy groups -OCH3 is 2. The molecule has 0 fully saturated rings. The Labute approximate surface area is 209 Å². The first-order chi connectivity index (χ1) is 16.2. The molecule has 3 aromatic rings. The van der Waals surface area contributed by atoms with Gasteiger partial charge in [0.05, 0.1) is 41.3 Å². The maximum Gasteiger partial charge on any atom is 0.248 e. The molecule has 0 aliphatic heterocycles. The van der Waals surface area contributed by atoms with Crippen LogP contribution >= 0.6 is 23.2 Å². The number of rotatable bonds is 8. The Hall–Kier alpha value is -3.42. The molecule has 0 saturated heterocycles. The SMILES string of the molecule is COc1cc(C)c(Nc2ncccc2/C=C/C(=O)Nc2cc(Cl)c(Cl)cc2N(C)C)c(OC)c1. The maximum absolute atomic E-state index is 12.7. The molecule has 0 spiro atoms. The van der Waals surface area contributed by atoms with Crippen LogP contribution in [0, 0.1) is 6.92 Å². The van der Waals surface area contributed by atoms with Crippen molar-refractivity contribution >= 4 is 58.1 Å². The monoisotopic (exact) mass is 500 g/mol. The number of halogens is 2. The highest BCUT2D eigenvalue weighted by molar-refractivity contribution is 6.42. The number of ether oxygens (including phenoxy) is 2. The summed E-state index contributed by atoms with van der Waals surface area (Å²) >= 11 is 12.3. The fourth-order valence-corrected chi connectivity index (χ4v) is 3.60. The number of aryl methyl sites for hydroxylation is 1. The van der Waals surface area contributed by atoms with Crippen LogP contribution in [0.15, 0.2) is 48.7 Å². The first kappa shape index (κ1) is 25.2. The van der Waals surface area contributed by atoms with E-state index < -0.39 is 0 Å². The molecule has 0 unspecified atom stereocenters. The minimum Gasteiger partial charge on any atom is -0.497 e. The molecule has 0 bridgehead atoms. The summed E-state index contributed by atoms with van der Waals surface area (Å²) < 4.78 is 10.8. The zero-order chi connectivity index (χ0) is 24.8. The zero-order valence-electron chi connectivity index (χ0n) is 19.6. The van der Waals surface area contributed by atoms with Crippen LogP contribution in [-0.4, -0.2) is 39.2 Å². The van der Waals surface area contributed by atoms with Gasteiger partial charge in [0.25, 0.3) is 0 Å². The molecule has 9 heteroatoms. The van der Waals surface area contributed by atoms with Crippen molar-refractivity contribution in [2.24, 2.45) is 0 Å². The molecule has 1 aromatic heterocycles. The molecule has 34 heavy (non-hydrogen) atoms. The van der Waals surface area contributed by atoms with Crippen LogP contribution in [0.1, 0.15) is 11.1 Å². The number of nitrogens with zero attached hydrogens (tertiary/aromatic N) is 2. The molecule has 3 rings (SSSR count). The third-order valence-electron chi connectivity index (χ3n) is 5.00. The van der Waals surface area contributed by atoms with Crippen molar-refractivity contribution in [3.05, 3.63) is 69.8 Å². The summed E-state index contributed by atoms with van der Waals surface area (Å²) in [6.07, 6.45) is 4.79. The zero-order valence-corrected chi connectivity index (χ0v) is 21.1. The third kappa shape index (κ3) is 5.92. The van der Waals surface area contributed by atoms with Crippen LogP contribution in [-0.2, 0) is 4.79 Å². The second-order valence-electron chi connectivity index (χ2n) is 7.59. The summed E-state index contributed by atoms with van der Waals surface area (Å²) in [6, 6.07) is 10.7. The molecule has 1 amide bonds. The van der Waals surface area contributed by atoms with E-state index in [2.05, 4.69) is 15.6 Å². The predicted octanol–water partition coefficient (Wildman–Crippen LogP) is 6.18. The largest absolute Gasteiger partial charge is 0.497 e. The van der Waals surface area contributed by atoms with E-state index in [-0.39, 0.29) is 5.91 Å². The lowest BCUT2D eigenvalue weighted by molar-refractivity contribution is -0.111. The van der Waals surface area contributed by atoms with Crippen molar-refractivity contribution in [3.8, 4) is 11.5 Å². The van der Waals surface area contributed by atoms with Gasteiger partial charge in [-0.25, -0.2) is 4.98 Å². The van der Waals surface area contributed by atoms with Gasteiger partial charge in [-0.3, -0.25) is 4.79 Å². The van der Waals surface area contributed by atoms with Crippen molar-refractivity contribution in [1.29, 1.82) is 0 Å². The van der Waals surface area contributed by atoms with E-state index in [0.29, 0.717) is 33.0 Å². The van der Waals surface area contributed by atoms with Gasteiger partial charge in [-0.05, 0) is 48.9 Å². The molecule has 178 valence electrons. The van der Waals surface area contributed by atoms with Crippen molar-refractivity contribution in [2.45, 2.75) is 6.92 Å². The summed E-state index contributed by atoms with van der Waals surface area (Å²) in [5, 5.41) is 6.93. The Balaban J connectivity index is 1.85. The normalized spacial score (nSPS) is 10.8.